The van der Waals surface area contributed by atoms with Gasteiger partial charge in [0.15, 0.2) is 0 Å². The lowest BCUT2D eigenvalue weighted by atomic mass is 9.84. The SMILES string of the molecule is OC1(CN2CCN(CCCOCC(F)(F)F)CC2)CCCCC1. The molecule has 0 aromatic rings. The van der Waals surface area contributed by atoms with Gasteiger partial charge in [-0.2, -0.15) is 13.2 Å². The maximum atomic E-state index is 11.9. The van der Waals surface area contributed by atoms with Gasteiger partial charge in [0.05, 0.1) is 5.60 Å². The lowest BCUT2D eigenvalue weighted by molar-refractivity contribution is -0.174. The number of β-amino-alcohol motifs (C(OH)–C–C–N with tert-alkyl or cyclic N) is 1. The number of piperazine rings is 1. The first-order valence-corrected chi connectivity index (χ1v) is 8.68. The van der Waals surface area contributed by atoms with Crippen LogP contribution in [0.5, 0.6) is 0 Å². The highest BCUT2D eigenvalue weighted by molar-refractivity contribution is 4.87. The van der Waals surface area contributed by atoms with Gasteiger partial charge in [0, 0.05) is 45.9 Å². The standard InChI is InChI=1S/C16H29F3N2O2/c17-16(18,19)14-23-12-4-7-20-8-10-21(11-9-20)13-15(22)5-2-1-3-6-15/h22H,1-14H2. The van der Waals surface area contributed by atoms with Crippen LogP contribution in [-0.2, 0) is 4.74 Å². The monoisotopic (exact) mass is 338 g/mol. The van der Waals surface area contributed by atoms with Gasteiger partial charge in [0.1, 0.15) is 6.61 Å². The average molecular weight is 338 g/mol. The van der Waals surface area contributed by atoms with E-state index in [1.807, 2.05) is 0 Å². The zero-order chi connectivity index (χ0) is 16.8. The van der Waals surface area contributed by atoms with Crippen LogP contribution in [0, 0.1) is 0 Å². The third kappa shape index (κ3) is 7.37. The van der Waals surface area contributed by atoms with E-state index in [0.717, 1.165) is 65.0 Å². The van der Waals surface area contributed by atoms with Crippen LogP contribution in [0.4, 0.5) is 13.2 Å². The predicted octanol–water partition coefficient (Wildman–Crippen LogP) is 2.27. The lowest BCUT2D eigenvalue weighted by Gasteiger charge is -2.41. The van der Waals surface area contributed by atoms with Crippen molar-refractivity contribution in [2.45, 2.75) is 50.3 Å². The Hall–Kier alpha value is -0.370. The van der Waals surface area contributed by atoms with Crippen molar-refractivity contribution in [3.05, 3.63) is 0 Å². The first kappa shape index (κ1) is 19.0. The number of hydrogen-bond acceptors (Lipinski definition) is 4. The van der Waals surface area contributed by atoms with Crippen molar-refractivity contribution in [3.63, 3.8) is 0 Å². The Morgan fingerprint density at radius 1 is 0.957 bits per heavy atom. The molecule has 0 aromatic heterocycles. The van der Waals surface area contributed by atoms with E-state index in [0.29, 0.717) is 6.42 Å². The van der Waals surface area contributed by atoms with E-state index >= 15 is 0 Å². The Bertz CT molecular complexity index is 339. The molecule has 0 radical (unpaired) electrons. The van der Waals surface area contributed by atoms with Crippen LogP contribution >= 0.6 is 0 Å². The number of alkyl halides is 3. The molecule has 2 rings (SSSR count). The molecular formula is C16H29F3N2O2. The third-order valence-corrected chi connectivity index (χ3v) is 4.80. The fraction of sp³-hybridized carbons (Fsp3) is 1.00. The molecule has 0 aromatic carbocycles. The molecule has 0 amide bonds. The maximum absolute atomic E-state index is 11.9. The molecule has 0 atom stereocenters. The summed E-state index contributed by atoms with van der Waals surface area (Å²) in [6, 6.07) is 0. The molecule has 0 bridgehead atoms. The molecule has 1 aliphatic heterocycles. The highest BCUT2D eigenvalue weighted by Gasteiger charge is 2.32. The molecule has 2 aliphatic rings. The fourth-order valence-electron chi connectivity index (χ4n) is 3.53. The minimum Gasteiger partial charge on any atom is -0.389 e. The van der Waals surface area contributed by atoms with Crippen LogP contribution in [0.3, 0.4) is 0 Å². The second-order valence-electron chi connectivity index (χ2n) is 6.92. The Morgan fingerprint density at radius 3 is 2.17 bits per heavy atom. The fourth-order valence-corrected chi connectivity index (χ4v) is 3.53. The van der Waals surface area contributed by atoms with Crippen LogP contribution in [0.15, 0.2) is 0 Å². The summed E-state index contributed by atoms with van der Waals surface area (Å²) in [4.78, 5) is 4.58. The van der Waals surface area contributed by atoms with Crippen molar-refractivity contribution in [2.24, 2.45) is 0 Å². The van der Waals surface area contributed by atoms with Crippen LogP contribution in [-0.4, -0.2) is 79.2 Å². The molecule has 0 spiro atoms. The van der Waals surface area contributed by atoms with Crippen LogP contribution in [0.1, 0.15) is 38.5 Å². The minimum atomic E-state index is -4.23. The predicted molar refractivity (Wildman–Crippen MR) is 82.4 cm³/mol. The van der Waals surface area contributed by atoms with E-state index < -0.39 is 18.4 Å². The molecule has 4 nitrogen and oxygen atoms in total. The molecular weight excluding hydrogens is 309 g/mol. The number of hydrogen-bond donors (Lipinski definition) is 1. The van der Waals surface area contributed by atoms with Crippen molar-refractivity contribution < 1.29 is 23.0 Å². The van der Waals surface area contributed by atoms with Crippen LogP contribution < -0.4 is 0 Å². The van der Waals surface area contributed by atoms with Gasteiger partial charge in [0.25, 0.3) is 0 Å². The Labute approximate surface area is 136 Å². The highest BCUT2D eigenvalue weighted by atomic mass is 19.4. The van der Waals surface area contributed by atoms with Gasteiger partial charge in [-0.25, -0.2) is 0 Å². The normalized spacial score (nSPS) is 24.0. The van der Waals surface area contributed by atoms with E-state index in [1.54, 1.807) is 0 Å². The van der Waals surface area contributed by atoms with E-state index in [-0.39, 0.29) is 6.61 Å². The summed E-state index contributed by atoms with van der Waals surface area (Å²) in [6.45, 7) is 4.20. The van der Waals surface area contributed by atoms with Crippen molar-refractivity contribution >= 4 is 0 Å². The summed E-state index contributed by atoms with van der Waals surface area (Å²) in [5.41, 5.74) is -0.508. The lowest BCUT2D eigenvalue weighted by Crippen LogP contribution is -2.52. The van der Waals surface area contributed by atoms with Crippen molar-refractivity contribution in [2.75, 3.05) is 52.5 Å². The van der Waals surface area contributed by atoms with Gasteiger partial charge in [-0.3, -0.25) is 4.90 Å². The minimum absolute atomic E-state index is 0.152. The number of nitrogens with zero attached hydrogens (tertiary/aromatic N) is 2. The second kappa shape index (κ2) is 8.65. The zero-order valence-corrected chi connectivity index (χ0v) is 13.8. The van der Waals surface area contributed by atoms with Gasteiger partial charge in [-0.1, -0.05) is 19.3 Å². The van der Waals surface area contributed by atoms with Gasteiger partial charge in [0.2, 0.25) is 0 Å². The maximum Gasteiger partial charge on any atom is 0.411 e. The molecule has 1 aliphatic carbocycles. The zero-order valence-electron chi connectivity index (χ0n) is 13.8. The summed E-state index contributed by atoms with van der Waals surface area (Å²) in [5.74, 6) is 0. The van der Waals surface area contributed by atoms with E-state index in [1.165, 1.54) is 6.42 Å². The molecule has 2 fully saturated rings. The molecule has 136 valence electrons. The summed E-state index contributed by atoms with van der Waals surface area (Å²) in [5, 5.41) is 10.6. The molecule has 0 unspecified atom stereocenters. The van der Waals surface area contributed by atoms with Gasteiger partial charge >= 0.3 is 6.18 Å². The van der Waals surface area contributed by atoms with Gasteiger partial charge in [-0.05, 0) is 19.3 Å². The quantitative estimate of drug-likeness (QED) is 0.723. The Balaban J connectivity index is 1.55. The number of rotatable bonds is 7. The van der Waals surface area contributed by atoms with E-state index in [4.69, 9.17) is 0 Å². The Kier molecular flexibility index (Phi) is 7.13. The summed E-state index contributed by atoms with van der Waals surface area (Å²) in [7, 11) is 0. The topological polar surface area (TPSA) is 35.9 Å². The summed E-state index contributed by atoms with van der Waals surface area (Å²) < 4.78 is 40.5. The number of ether oxygens (including phenoxy) is 1. The number of halogens is 3. The highest BCUT2D eigenvalue weighted by Crippen LogP contribution is 2.29. The smallest absolute Gasteiger partial charge is 0.389 e. The molecule has 1 heterocycles. The molecule has 1 saturated heterocycles. The first-order chi connectivity index (χ1) is 10.9. The first-order valence-electron chi connectivity index (χ1n) is 8.68. The number of aliphatic hydroxyl groups is 1. The van der Waals surface area contributed by atoms with Crippen LogP contribution in [0.2, 0.25) is 0 Å². The van der Waals surface area contributed by atoms with Crippen LogP contribution in [0.25, 0.3) is 0 Å². The van der Waals surface area contributed by atoms with Crippen molar-refractivity contribution in [1.29, 1.82) is 0 Å². The summed E-state index contributed by atoms with van der Waals surface area (Å²) in [6.07, 6.45) is 1.67. The average Bonchev–Trinajstić information content (AvgIpc) is 2.48. The largest absolute Gasteiger partial charge is 0.411 e. The van der Waals surface area contributed by atoms with Crippen molar-refractivity contribution in [1.82, 2.24) is 9.80 Å². The van der Waals surface area contributed by atoms with E-state index in [2.05, 4.69) is 14.5 Å². The van der Waals surface area contributed by atoms with Gasteiger partial charge < -0.3 is 14.7 Å². The van der Waals surface area contributed by atoms with Gasteiger partial charge in [-0.15, -0.1) is 0 Å². The molecule has 7 heteroatoms. The Morgan fingerprint density at radius 2 is 1.57 bits per heavy atom. The molecule has 23 heavy (non-hydrogen) atoms. The van der Waals surface area contributed by atoms with E-state index in [9.17, 15) is 18.3 Å². The van der Waals surface area contributed by atoms with Crippen molar-refractivity contribution in [3.8, 4) is 0 Å². The molecule has 1 saturated carbocycles. The summed E-state index contributed by atoms with van der Waals surface area (Å²) >= 11 is 0. The molecule has 1 N–H and O–H groups in total. The second-order valence-corrected chi connectivity index (χ2v) is 6.92. The third-order valence-electron chi connectivity index (χ3n) is 4.80.